The fraction of sp³-hybridized carbons (Fsp3) is 0.667. The van der Waals surface area contributed by atoms with Gasteiger partial charge in [0.1, 0.15) is 5.69 Å². The second-order valence-electron chi connectivity index (χ2n) is 5.28. The van der Waals surface area contributed by atoms with Gasteiger partial charge in [-0.25, -0.2) is 0 Å². The predicted molar refractivity (Wildman–Crippen MR) is 80.7 cm³/mol. The van der Waals surface area contributed by atoms with Crippen molar-refractivity contribution in [2.45, 2.75) is 31.7 Å². The number of ether oxygens (including phenoxy) is 2. The van der Waals surface area contributed by atoms with Gasteiger partial charge in [0.25, 0.3) is 0 Å². The van der Waals surface area contributed by atoms with Gasteiger partial charge in [-0.3, -0.25) is 9.88 Å². The summed E-state index contributed by atoms with van der Waals surface area (Å²) >= 11 is 6.18. The number of alkyl halides is 1. The summed E-state index contributed by atoms with van der Waals surface area (Å²) in [5.74, 6) is 2.11. The summed E-state index contributed by atoms with van der Waals surface area (Å²) in [7, 11) is 3.30. The van der Waals surface area contributed by atoms with E-state index >= 15 is 0 Å². The normalized spacial score (nSPS) is 18.8. The minimum atomic E-state index is 0.265. The lowest BCUT2D eigenvalue weighted by Gasteiger charge is -2.33. The Morgan fingerprint density at radius 3 is 2.60 bits per heavy atom. The summed E-state index contributed by atoms with van der Waals surface area (Å²) in [5.41, 5.74) is 0.934. The molecule has 1 atom stereocenters. The van der Waals surface area contributed by atoms with Crippen LogP contribution < -0.4 is 9.47 Å². The largest absolute Gasteiger partial charge is 0.493 e. The van der Waals surface area contributed by atoms with Gasteiger partial charge in [-0.2, -0.15) is 0 Å². The van der Waals surface area contributed by atoms with Crippen LogP contribution in [0.2, 0.25) is 0 Å². The maximum atomic E-state index is 6.18. The highest BCUT2D eigenvalue weighted by atomic mass is 35.5. The Kier molecular flexibility index (Phi) is 5.49. The molecule has 0 radical (unpaired) electrons. The van der Waals surface area contributed by atoms with Gasteiger partial charge in [0, 0.05) is 24.2 Å². The lowest BCUT2D eigenvalue weighted by atomic mass is 9.94. The van der Waals surface area contributed by atoms with Crippen molar-refractivity contribution >= 4 is 11.6 Å². The molecule has 0 aromatic carbocycles. The van der Waals surface area contributed by atoms with Crippen molar-refractivity contribution in [1.29, 1.82) is 0 Å². The van der Waals surface area contributed by atoms with Gasteiger partial charge in [0.2, 0.25) is 0 Å². The average Bonchev–Trinajstić information content (AvgIpc) is 2.47. The number of pyridine rings is 1. The molecule has 0 spiro atoms. The van der Waals surface area contributed by atoms with Crippen molar-refractivity contribution in [3.63, 3.8) is 0 Å². The van der Waals surface area contributed by atoms with E-state index in [9.17, 15) is 0 Å². The Morgan fingerprint density at radius 1 is 1.35 bits per heavy atom. The highest BCUT2D eigenvalue weighted by Crippen LogP contribution is 2.31. The molecule has 1 aliphatic heterocycles. The molecule has 4 nitrogen and oxygen atoms in total. The molecule has 1 aliphatic rings. The number of methoxy groups -OCH3 is 2. The van der Waals surface area contributed by atoms with Crippen molar-refractivity contribution in [3.05, 3.63) is 18.0 Å². The maximum Gasteiger partial charge on any atom is 0.183 e. The van der Waals surface area contributed by atoms with Gasteiger partial charge >= 0.3 is 0 Å². The zero-order valence-corrected chi connectivity index (χ0v) is 13.2. The van der Waals surface area contributed by atoms with Gasteiger partial charge in [0.05, 0.1) is 14.2 Å². The smallest absolute Gasteiger partial charge is 0.183 e. The van der Waals surface area contributed by atoms with E-state index in [1.807, 2.05) is 6.07 Å². The lowest BCUT2D eigenvalue weighted by molar-refractivity contribution is 0.172. The topological polar surface area (TPSA) is 34.6 Å². The summed E-state index contributed by atoms with van der Waals surface area (Å²) < 4.78 is 10.7. The first-order valence-corrected chi connectivity index (χ1v) is 7.51. The molecule has 1 unspecified atom stereocenters. The number of rotatable bonds is 5. The van der Waals surface area contributed by atoms with Crippen molar-refractivity contribution in [2.75, 3.05) is 27.3 Å². The first-order valence-electron chi connectivity index (χ1n) is 7.08. The van der Waals surface area contributed by atoms with E-state index < -0.39 is 0 Å². The Bertz CT molecular complexity index is 432. The third-order valence-corrected chi connectivity index (χ3v) is 4.38. The summed E-state index contributed by atoms with van der Waals surface area (Å²) in [4.78, 5) is 6.84. The number of aromatic nitrogens is 1. The second kappa shape index (κ2) is 7.14. The van der Waals surface area contributed by atoms with E-state index in [2.05, 4.69) is 16.8 Å². The molecule has 5 heteroatoms. The number of likely N-dealkylation sites (tertiary alicyclic amines) is 1. The summed E-state index contributed by atoms with van der Waals surface area (Å²) in [5, 5.41) is 0.265. The fourth-order valence-corrected chi connectivity index (χ4v) is 3.00. The van der Waals surface area contributed by atoms with Crippen LogP contribution in [-0.4, -0.2) is 42.6 Å². The minimum absolute atomic E-state index is 0.265. The highest BCUT2D eigenvalue weighted by Gasteiger charge is 2.24. The van der Waals surface area contributed by atoms with Crippen LogP contribution in [0.15, 0.2) is 12.3 Å². The van der Waals surface area contributed by atoms with E-state index in [1.54, 1.807) is 20.4 Å². The summed E-state index contributed by atoms with van der Waals surface area (Å²) in [6.07, 6.45) is 4.07. The zero-order valence-electron chi connectivity index (χ0n) is 12.4. The molecule has 1 aromatic heterocycles. The van der Waals surface area contributed by atoms with Crippen LogP contribution in [0.4, 0.5) is 0 Å². The van der Waals surface area contributed by atoms with E-state index in [0.717, 1.165) is 49.7 Å². The molecule has 1 aromatic rings. The third-order valence-electron chi connectivity index (χ3n) is 4.02. The van der Waals surface area contributed by atoms with E-state index in [-0.39, 0.29) is 5.38 Å². The van der Waals surface area contributed by atoms with E-state index in [4.69, 9.17) is 21.1 Å². The Labute approximate surface area is 126 Å². The van der Waals surface area contributed by atoms with Crippen molar-refractivity contribution in [3.8, 4) is 11.5 Å². The van der Waals surface area contributed by atoms with Gasteiger partial charge in [-0.15, -0.1) is 11.6 Å². The molecule has 0 bridgehead atoms. The monoisotopic (exact) mass is 298 g/mol. The lowest BCUT2D eigenvalue weighted by Crippen LogP contribution is -2.35. The molecule has 0 aliphatic carbocycles. The van der Waals surface area contributed by atoms with Crippen LogP contribution in [0, 0.1) is 5.92 Å². The van der Waals surface area contributed by atoms with Crippen LogP contribution in [0.3, 0.4) is 0 Å². The molecule has 0 N–H and O–H groups in total. The SMILES string of the molecule is COc1ccnc(CN2CCC(C(C)Cl)CC2)c1OC. The van der Waals surface area contributed by atoms with Crippen LogP contribution in [0.5, 0.6) is 11.5 Å². The summed E-state index contributed by atoms with van der Waals surface area (Å²) in [6, 6.07) is 1.82. The average molecular weight is 299 g/mol. The van der Waals surface area contributed by atoms with Gasteiger partial charge in [-0.1, -0.05) is 0 Å². The third kappa shape index (κ3) is 3.55. The van der Waals surface area contributed by atoms with Gasteiger partial charge in [0.15, 0.2) is 11.5 Å². The molecule has 0 saturated carbocycles. The van der Waals surface area contributed by atoms with Gasteiger partial charge in [-0.05, 0) is 38.8 Å². The molecule has 20 heavy (non-hydrogen) atoms. The summed E-state index contributed by atoms with van der Waals surface area (Å²) in [6.45, 7) is 5.01. The Hall–Kier alpha value is -1.00. The van der Waals surface area contributed by atoms with Crippen LogP contribution in [0.25, 0.3) is 0 Å². The first-order chi connectivity index (χ1) is 9.65. The molecule has 2 rings (SSSR count). The molecular weight excluding hydrogens is 276 g/mol. The van der Waals surface area contributed by atoms with E-state index in [1.165, 1.54) is 0 Å². The molecule has 1 fully saturated rings. The quantitative estimate of drug-likeness (QED) is 0.783. The maximum absolute atomic E-state index is 6.18. The predicted octanol–water partition coefficient (Wildman–Crippen LogP) is 2.94. The zero-order chi connectivity index (χ0) is 14.5. The van der Waals surface area contributed by atoms with Crippen LogP contribution in [0.1, 0.15) is 25.5 Å². The molecule has 112 valence electrons. The Balaban J connectivity index is 2.01. The number of piperidine rings is 1. The van der Waals surface area contributed by atoms with Crippen molar-refractivity contribution in [2.24, 2.45) is 5.92 Å². The van der Waals surface area contributed by atoms with Gasteiger partial charge < -0.3 is 9.47 Å². The van der Waals surface area contributed by atoms with Crippen molar-refractivity contribution in [1.82, 2.24) is 9.88 Å². The number of nitrogens with zero attached hydrogens (tertiary/aromatic N) is 2. The van der Waals surface area contributed by atoms with Crippen molar-refractivity contribution < 1.29 is 9.47 Å². The number of hydrogen-bond donors (Lipinski definition) is 0. The number of halogens is 1. The molecule has 1 saturated heterocycles. The highest BCUT2D eigenvalue weighted by molar-refractivity contribution is 6.20. The number of hydrogen-bond acceptors (Lipinski definition) is 4. The molecule has 2 heterocycles. The first kappa shape index (κ1) is 15.4. The van der Waals surface area contributed by atoms with E-state index in [0.29, 0.717) is 5.92 Å². The van der Waals surface area contributed by atoms with Crippen LogP contribution >= 0.6 is 11.6 Å². The molecule has 0 amide bonds. The van der Waals surface area contributed by atoms with Crippen LogP contribution in [-0.2, 0) is 6.54 Å². The fourth-order valence-electron chi connectivity index (χ4n) is 2.75. The minimum Gasteiger partial charge on any atom is -0.493 e. The Morgan fingerprint density at radius 2 is 2.05 bits per heavy atom. The molecular formula is C15H23ClN2O2. The standard InChI is InChI=1S/C15H23ClN2O2/c1-11(16)12-5-8-18(9-6-12)10-13-15(20-3)14(19-2)4-7-17-13/h4,7,11-12H,5-6,8-10H2,1-3H3. The second-order valence-corrected chi connectivity index (χ2v) is 5.97.